The lowest BCUT2D eigenvalue weighted by Gasteiger charge is -2.24. The molecule has 1 aromatic heterocycles. The second-order valence-electron chi connectivity index (χ2n) is 6.34. The van der Waals surface area contributed by atoms with Crippen LogP contribution in [-0.2, 0) is 6.54 Å². The number of hydrogen-bond acceptors (Lipinski definition) is 4. The Balaban J connectivity index is 2.03. The standard InChI is InChI=1S/C16H28N4/c1-6-7-14-9-20(10-15(14)19(4)5)11-16-17-12(2)8-13(3)18-16/h8,14-15H,6-7,9-11H2,1-5H3/t14-,15-/m1/s1. The molecule has 0 radical (unpaired) electrons. The minimum Gasteiger partial charge on any atom is -0.305 e. The summed E-state index contributed by atoms with van der Waals surface area (Å²) in [5.74, 6) is 1.75. The molecule has 1 aromatic rings. The van der Waals surface area contributed by atoms with E-state index in [4.69, 9.17) is 0 Å². The zero-order valence-electron chi connectivity index (χ0n) is 13.6. The molecule has 4 heteroatoms. The van der Waals surface area contributed by atoms with Gasteiger partial charge < -0.3 is 4.90 Å². The third-order valence-electron chi connectivity index (χ3n) is 4.20. The van der Waals surface area contributed by atoms with Crippen molar-refractivity contribution in [1.82, 2.24) is 19.8 Å². The number of hydrogen-bond donors (Lipinski definition) is 0. The van der Waals surface area contributed by atoms with E-state index in [0.29, 0.717) is 6.04 Å². The SMILES string of the molecule is CCC[C@@H]1CN(Cc2nc(C)cc(C)n2)C[C@H]1N(C)C. The zero-order chi connectivity index (χ0) is 14.7. The molecule has 2 atom stereocenters. The second-order valence-corrected chi connectivity index (χ2v) is 6.34. The maximum atomic E-state index is 4.57. The Hall–Kier alpha value is -1.00. The Morgan fingerprint density at radius 3 is 2.40 bits per heavy atom. The molecule has 0 aliphatic carbocycles. The van der Waals surface area contributed by atoms with Gasteiger partial charge in [0.15, 0.2) is 0 Å². The van der Waals surface area contributed by atoms with E-state index in [1.54, 1.807) is 0 Å². The van der Waals surface area contributed by atoms with Crippen molar-refractivity contribution in [3.05, 3.63) is 23.3 Å². The molecule has 1 saturated heterocycles. The van der Waals surface area contributed by atoms with Crippen LogP contribution in [0.1, 0.15) is 37.0 Å². The third kappa shape index (κ3) is 3.76. The van der Waals surface area contributed by atoms with Crippen molar-refractivity contribution in [3.63, 3.8) is 0 Å². The molecule has 0 aromatic carbocycles. The van der Waals surface area contributed by atoms with Crippen molar-refractivity contribution in [2.45, 2.75) is 46.2 Å². The van der Waals surface area contributed by atoms with Gasteiger partial charge in [-0.15, -0.1) is 0 Å². The first-order valence-electron chi connectivity index (χ1n) is 7.69. The largest absolute Gasteiger partial charge is 0.305 e. The van der Waals surface area contributed by atoms with E-state index >= 15 is 0 Å². The summed E-state index contributed by atoms with van der Waals surface area (Å²) in [6.45, 7) is 9.56. The van der Waals surface area contributed by atoms with Gasteiger partial charge in [-0.25, -0.2) is 9.97 Å². The van der Waals surface area contributed by atoms with Crippen LogP contribution in [0.25, 0.3) is 0 Å². The summed E-state index contributed by atoms with van der Waals surface area (Å²) in [6, 6.07) is 2.71. The van der Waals surface area contributed by atoms with Crippen molar-refractivity contribution in [3.8, 4) is 0 Å². The molecule has 20 heavy (non-hydrogen) atoms. The minimum atomic E-state index is 0.667. The molecule has 0 amide bonds. The number of rotatable bonds is 5. The maximum Gasteiger partial charge on any atom is 0.142 e. The van der Waals surface area contributed by atoms with Gasteiger partial charge in [-0.05, 0) is 46.3 Å². The van der Waals surface area contributed by atoms with E-state index in [1.807, 2.05) is 19.9 Å². The first kappa shape index (κ1) is 15.4. The van der Waals surface area contributed by atoms with Gasteiger partial charge in [0.2, 0.25) is 0 Å². The Morgan fingerprint density at radius 1 is 1.20 bits per heavy atom. The van der Waals surface area contributed by atoms with E-state index in [0.717, 1.165) is 36.2 Å². The first-order chi connectivity index (χ1) is 9.49. The predicted molar refractivity (Wildman–Crippen MR) is 82.7 cm³/mol. The summed E-state index contributed by atoms with van der Waals surface area (Å²) in [7, 11) is 4.40. The third-order valence-corrected chi connectivity index (χ3v) is 4.20. The molecule has 0 N–H and O–H groups in total. The summed E-state index contributed by atoms with van der Waals surface area (Å²) >= 11 is 0. The molecule has 0 bridgehead atoms. The lowest BCUT2D eigenvalue weighted by Crippen LogP contribution is -2.35. The highest BCUT2D eigenvalue weighted by Crippen LogP contribution is 2.25. The summed E-state index contributed by atoms with van der Waals surface area (Å²) in [5, 5.41) is 0. The van der Waals surface area contributed by atoms with Crippen LogP contribution < -0.4 is 0 Å². The first-order valence-corrected chi connectivity index (χ1v) is 7.69. The zero-order valence-corrected chi connectivity index (χ0v) is 13.6. The Morgan fingerprint density at radius 2 is 1.85 bits per heavy atom. The number of nitrogens with zero attached hydrogens (tertiary/aromatic N) is 4. The molecule has 0 saturated carbocycles. The van der Waals surface area contributed by atoms with Crippen molar-refractivity contribution >= 4 is 0 Å². The smallest absolute Gasteiger partial charge is 0.142 e. The predicted octanol–water partition coefficient (Wildman–Crippen LogP) is 2.26. The lowest BCUT2D eigenvalue weighted by atomic mass is 9.98. The maximum absolute atomic E-state index is 4.57. The van der Waals surface area contributed by atoms with Gasteiger partial charge in [0.25, 0.3) is 0 Å². The molecule has 0 unspecified atom stereocenters. The Kier molecular flexibility index (Phi) is 5.11. The van der Waals surface area contributed by atoms with Crippen molar-refractivity contribution in [2.75, 3.05) is 27.2 Å². The van der Waals surface area contributed by atoms with Crippen LogP contribution in [0.15, 0.2) is 6.07 Å². The van der Waals surface area contributed by atoms with Crippen LogP contribution in [0.3, 0.4) is 0 Å². The fraction of sp³-hybridized carbons (Fsp3) is 0.750. The van der Waals surface area contributed by atoms with E-state index in [2.05, 4.69) is 40.8 Å². The minimum absolute atomic E-state index is 0.667. The highest BCUT2D eigenvalue weighted by molar-refractivity contribution is 5.08. The fourth-order valence-electron chi connectivity index (χ4n) is 3.38. The molecule has 4 nitrogen and oxygen atoms in total. The van der Waals surface area contributed by atoms with Crippen LogP contribution in [0.5, 0.6) is 0 Å². The van der Waals surface area contributed by atoms with Crippen LogP contribution >= 0.6 is 0 Å². The normalized spacial score (nSPS) is 23.7. The van der Waals surface area contributed by atoms with Crippen LogP contribution in [0.2, 0.25) is 0 Å². The number of likely N-dealkylation sites (N-methyl/N-ethyl adjacent to an activating group) is 1. The molecule has 2 heterocycles. The second kappa shape index (κ2) is 6.64. The molecular weight excluding hydrogens is 248 g/mol. The summed E-state index contributed by atoms with van der Waals surface area (Å²) in [4.78, 5) is 14.0. The van der Waals surface area contributed by atoms with Crippen molar-refractivity contribution < 1.29 is 0 Å². The molecule has 1 aliphatic rings. The number of likely N-dealkylation sites (tertiary alicyclic amines) is 1. The van der Waals surface area contributed by atoms with Gasteiger partial charge in [0, 0.05) is 30.5 Å². The van der Waals surface area contributed by atoms with Gasteiger partial charge in [0.05, 0.1) is 6.54 Å². The topological polar surface area (TPSA) is 32.3 Å². The molecule has 1 fully saturated rings. The quantitative estimate of drug-likeness (QED) is 0.826. The van der Waals surface area contributed by atoms with Gasteiger partial charge in [-0.1, -0.05) is 13.3 Å². The molecule has 0 spiro atoms. The van der Waals surface area contributed by atoms with Gasteiger partial charge in [0.1, 0.15) is 5.82 Å². The molecule has 1 aliphatic heterocycles. The van der Waals surface area contributed by atoms with Gasteiger partial charge in [-0.3, -0.25) is 4.90 Å². The summed E-state index contributed by atoms with van der Waals surface area (Å²) in [5.41, 5.74) is 2.14. The van der Waals surface area contributed by atoms with Crippen molar-refractivity contribution in [2.24, 2.45) is 5.92 Å². The Labute approximate surface area is 123 Å². The highest BCUT2D eigenvalue weighted by Gasteiger charge is 2.33. The average molecular weight is 276 g/mol. The van der Waals surface area contributed by atoms with Crippen LogP contribution in [0, 0.1) is 19.8 Å². The molecule has 112 valence electrons. The number of aromatic nitrogens is 2. The van der Waals surface area contributed by atoms with E-state index in [1.165, 1.54) is 19.4 Å². The van der Waals surface area contributed by atoms with Gasteiger partial charge in [-0.2, -0.15) is 0 Å². The Bertz CT molecular complexity index is 424. The molecular formula is C16H28N4. The van der Waals surface area contributed by atoms with Crippen LogP contribution in [0.4, 0.5) is 0 Å². The summed E-state index contributed by atoms with van der Waals surface area (Å²) < 4.78 is 0. The lowest BCUT2D eigenvalue weighted by molar-refractivity contribution is 0.238. The van der Waals surface area contributed by atoms with Crippen LogP contribution in [-0.4, -0.2) is 53.0 Å². The van der Waals surface area contributed by atoms with Gasteiger partial charge >= 0.3 is 0 Å². The molecule has 2 rings (SSSR count). The van der Waals surface area contributed by atoms with E-state index in [9.17, 15) is 0 Å². The fourth-order valence-corrected chi connectivity index (χ4v) is 3.38. The van der Waals surface area contributed by atoms with E-state index in [-0.39, 0.29) is 0 Å². The van der Waals surface area contributed by atoms with E-state index < -0.39 is 0 Å². The highest BCUT2D eigenvalue weighted by atomic mass is 15.2. The monoisotopic (exact) mass is 276 g/mol. The summed E-state index contributed by atoms with van der Waals surface area (Å²) in [6.07, 6.45) is 2.58. The average Bonchev–Trinajstić information content (AvgIpc) is 2.71. The van der Waals surface area contributed by atoms with Crippen molar-refractivity contribution in [1.29, 1.82) is 0 Å². The number of aryl methyl sites for hydroxylation is 2.